The van der Waals surface area contributed by atoms with Crippen molar-refractivity contribution < 1.29 is 34.1 Å². The molecule has 8 heteroatoms. The van der Waals surface area contributed by atoms with Crippen molar-refractivity contribution in [3.8, 4) is 11.5 Å². The standard InChI is InChI=1S/C28H25NO7/c1-3-36-20-8-6-7-18(16-20)26(32)24-25(21-9-4-5-10-22(21)35-2)29(28(34)27(24)33)19-13-11-17(12-14-19)15-23(30)31/h4-14,16,25,32H,3,15H2,1-2H3,(H,30,31)/b26-24-. The molecule has 1 unspecified atom stereocenters. The van der Waals surface area contributed by atoms with Gasteiger partial charge in [-0.2, -0.15) is 0 Å². The van der Waals surface area contributed by atoms with Gasteiger partial charge in [0.25, 0.3) is 11.7 Å². The van der Waals surface area contributed by atoms with Gasteiger partial charge in [0.05, 0.1) is 31.8 Å². The molecule has 1 atom stereocenters. The number of carboxylic acid groups (broad SMARTS) is 1. The van der Waals surface area contributed by atoms with Crippen molar-refractivity contribution in [2.75, 3.05) is 18.6 Å². The minimum absolute atomic E-state index is 0.0900. The molecule has 0 spiro atoms. The molecular formula is C28H25NO7. The number of anilines is 1. The maximum absolute atomic E-state index is 13.4. The number of rotatable bonds is 8. The van der Waals surface area contributed by atoms with Crippen LogP contribution in [-0.2, 0) is 20.8 Å². The molecule has 0 bridgehead atoms. The van der Waals surface area contributed by atoms with E-state index < -0.39 is 23.7 Å². The monoisotopic (exact) mass is 487 g/mol. The van der Waals surface area contributed by atoms with Crippen LogP contribution in [0.4, 0.5) is 5.69 Å². The van der Waals surface area contributed by atoms with Gasteiger partial charge < -0.3 is 19.7 Å². The third kappa shape index (κ3) is 4.65. The first-order valence-corrected chi connectivity index (χ1v) is 11.3. The first kappa shape index (κ1) is 24.5. The Morgan fingerprint density at radius 1 is 0.972 bits per heavy atom. The highest BCUT2D eigenvalue weighted by Crippen LogP contribution is 2.45. The molecule has 0 saturated carbocycles. The van der Waals surface area contributed by atoms with Crippen LogP contribution in [0.5, 0.6) is 11.5 Å². The largest absolute Gasteiger partial charge is 0.507 e. The van der Waals surface area contributed by atoms with Gasteiger partial charge in [0.15, 0.2) is 0 Å². The number of nitrogens with zero attached hydrogens (tertiary/aromatic N) is 1. The van der Waals surface area contributed by atoms with Crippen LogP contribution in [0.1, 0.15) is 29.7 Å². The molecule has 3 aromatic rings. The van der Waals surface area contributed by atoms with Crippen LogP contribution in [0.2, 0.25) is 0 Å². The highest BCUT2D eigenvalue weighted by atomic mass is 16.5. The number of Topliss-reactive ketones (excluding diaryl/α,β-unsaturated/α-hetero) is 1. The lowest BCUT2D eigenvalue weighted by Gasteiger charge is -2.26. The molecule has 0 aromatic heterocycles. The van der Waals surface area contributed by atoms with Crippen LogP contribution in [0.15, 0.2) is 78.4 Å². The molecule has 1 amide bonds. The van der Waals surface area contributed by atoms with E-state index in [4.69, 9.17) is 14.6 Å². The zero-order valence-corrected chi connectivity index (χ0v) is 19.8. The molecule has 1 aliphatic rings. The molecule has 3 aromatic carbocycles. The van der Waals surface area contributed by atoms with Crippen LogP contribution in [-0.4, -0.2) is 41.6 Å². The molecule has 184 valence electrons. The molecule has 1 saturated heterocycles. The number of aliphatic hydroxyl groups excluding tert-OH is 1. The summed E-state index contributed by atoms with van der Waals surface area (Å²) in [5.74, 6) is -2.04. The van der Waals surface area contributed by atoms with Gasteiger partial charge in [-0.05, 0) is 42.8 Å². The van der Waals surface area contributed by atoms with E-state index in [0.717, 1.165) is 0 Å². The number of aliphatic hydroxyl groups is 1. The Balaban J connectivity index is 1.90. The van der Waals surface area contributed by atoms with E-state index in [1.807, 2.05) is 6.92 Å². The van der Waals surface area contributed by atoms with E-state index in [-0.39, 0.29) is 17.8 Å². The zero-order chi connectivity index (χ0) is 25.8. The molecule has 2 N–H and O–H groups in total. The SMILES string of the molecule is CCOc1cccc(/C(O)=C2/C(=O)C(=O)N(c3ccc(CC(=O)O)cc3)C2c2ccccc2OC)c1. The lowest BCUT2D eigenvalue weighted by molar-refractivity contribution is -0.136. The second-order valence-corrected chi connectivity index (χ2v) is 8.11. The summed E-state index contributed by atoms with van der Waals surface area (Å²) in [5, 5.41) is 20.4. The van der Waals surface area contributed by atoms with Gasteiger partial charge in [-0.25, -0.2) is 0 Å². The summed E-state index contributed by atoms with van der Waals surface area (Å²) >= 11 is 0. The number of methoxy groups -OCH3 is 1. The highest BCUT2D eigenvalue weighted by molar-refractivity contribution is 6.51. The van der Waals surface area contributed by atoms with E-state index in [1.165, 1.54) is 12.0 Å². The Bertz CT molecular complexity index is 1340. The number of ketones is 1. The van der Waals surface area contributed by atoms with Crippen LogP contribution < -0.4 is 14.4 Å². The highest BCUT2D eigenvalue weighted by Gasteiger charge is 2.47. The summed E-state index contributed by atoms with van der Waals surface area (Å²) in [6.07, 6.45) is -0.175. The molecule has 0 radical (unpaired) electrons. The van der Waals surface area contributed by atoms with Crippen molar-refractivity contribution in [3.63, 3.8) is 0 Å². The number of carboxylic acids is 1. The van der Waals surface area contributed by atoms with Gasteiger partial charge in [0.2, 0.25) is 0 Å². The summed E-state index contributed by atoms with van der Waals surface area (Å²) in [4.78, 5) is 39.0. The first-order valence-electron chi connectivity index (χ1n) is 11.3. The maximum Gasteiger partial charge on any atom is 0.307 e. The summed E-state index contributed by atoms with van der Waals surface area (Å²) in [6.45, 7) is 2.26. The number of amides is 1. The van der Waals surface area contributed by atoms with E-state index in [0.29, 0.717) is 40.5 Å². The Hall–Kier alpha value is -4.59. The molecule has 1 fully saturated rings. The topological polar surface area (TPSA) is 113 Å². The average molecular weight is 488 g/mol. The minimum Gasteiger partial charge on any atom is -0.507 e. The van der Waals surface area contributed by atoms with Crippen LogP contribution >= 0.6 is 0 Å². The smallest absolute Gasteiger partial charge is 0.307 e. The second-order valence-electron chi connectivity index (χ2n) is 8.11. The number of ether oxygens (including phenoxy) is 2. The normalized spacial score (nSPS) is 16.7. The third-order valence-electron chi connectivity index (χ3n) is 5.87. The number of carbonyl (C=O) groups is 3. The Morgan fingerprint density at radius 3 is 2.36 bits per heavy atom. The Labute approximate surface area is 208 Å². The summed E-state index contributed by atoms with van der Waals surface area (Å²) < 4.78 is 11.0. The molecule has 8 nitrogen and oxygen atoms in total. The van der Waals surface area contributed by atoms with Gasteiger partial charge >= 0.3 is 5.97 Å². The van der Waals surface area contributed by atoms with E-state index in [2.05, 4.69) is 0 Å². The second kappa shape index (κ2) is 10.4. The van der Waals surface area contributed by atoms with E-state index >= 15 is 0 Å². The third-order valence-corrected chi connectivity index (χ3v) is 5.87. The van der Waals surface area contributed by atoms with E-state index in [9.17, 15) is 19.5 Å². The predicted octanol–water partition coefficient (Wildman–Crippen LogP) is 4.35. The van der Waals surface area contributed by atoms with Crippen LogP contribution in [0.3, 0.4) is 0 Å². The van der Waals surface area contributed by atoms with Crippen molar-refractivity contribution >= 4 is 29.1 Å². The number of aliphatic carboxylic acids is 1. The number of para-hydroxylation sites is 1. The minimum atomic E-state index is -0.984. The van der Waals surface area contributed by atoms with E-state index in [1.54, 1.807) is 72.8 Å². The fraction of sp³-hybridized carbons (Fsp3) is 0.179. The van der Waals surface area contributed by atoms with Gasteiger partial charge in [-0.15, -0.1) is 0 Å². The quantitative estimate of drug-likeness (QED) is 0.276. The van der Waals surface area contributed by atoms with Crippen molar-refractivity contribution in [2.24, 2.45) is 0 Å². The maximum atomic E-state index is 13.4. The van der Waals surface area contributed by atoms with Crippen LogP contribution in [0.25, 0.3) is 5.76 Å². The number of hydrogen-bond donors (Lipinski definition) is 2. The first-order chi connectivity index (χ1) is 17.3. The molecule has 4 rings (SSSR count). The predicted molar refractivity (Wildman–Crippen MR) is 133 cm³/mol. The van der Waals surface area contributed by atoms with Crippen molar-refractivity contribution in [1.82, 2.24) is 0 Å². The molecular weight excluding hydrogens is 462 g/mol. The van der Waals surface area contributed by atoms with Gasteiger partial charge in [-0.3, -0.25) is 19.3 Å². The molecule has 0 aliphatic carbocycles. The lowest BCUT2D eigenvalue weighted by atomic mass is 9.94. The lowest BCUT2D eigenvalue weighted by Crippen LogP contribution is -2.29. The fourth-order valence-electron chi connectivity index (χ4n) is 4.29. The molecule has 36 heavy (non-hydrogen) atoms. The van der Waals surface area contributed by atoms with Crippen molar-refractivity contribution in [3.05, 3.63) is 95.1 Å². The molecule has 1 aliphatic heterocycles. The Morgan fingerprint density at radius 2 is 1.69 bits per heavy atom. The summed E-state index contributed by atoms with van der Waals surface area (Å²) in [5.41, 5.74) is 1.67. The number of hydrogen-bond acceptors (Lipinski definition) is 6. The van der Waals surface area contributed by atoms with Crippen molar-refractivity contribution in [1.29, 1.82) is 0 Å². The van der Waals surface area contributed by atoms with Gasteiger partial charge in [-0.1, -0.05) is 42.5 Å². The van der Waals surface area contributed by atoms with Crippen molar-refractivity contribution in [2.45, 2.75) is 19.4 Å². The summed E-state index contributed by atoms with van der Waals surface area (Å²) in [7, 11) is 1.48. The fourth-order valence-corrected chi connectivity index (χ4v) is 4.29. The van der Waals surface area contributed by atoms with Crippen LogP contribution in [0, 0.1) is 0 Å². The van der Waals surface area contributed by atoms with Gasteiger partial charge in [0.1, 0.15) is 17.3 Å². The number of benzene rings is 3. The number of carbonyl (C=O) groups excluding carboxylic acids is 2. The average Bonchev–Trinajstić information content (AvgIpc) is 3.14. The zero-order valence-electron chi connectivity index (χ0n) is 19.8. The Kier molecular flexibility index (Phi) is 7.05. The van der Waals surface area contributed by atoms with Gasteiger partial charge in [0, 0.05) is 16.8 Å². The summed E-state index contributed by atoms with van der Waals surface area (Å²) in [6, 6.07) is 19.0. The molecule has 1 heterocycles.